The normalized spacial score (nSPS) is 26.2. The number of rotatable bonds is 4. The molecule has 0 spiro atoms. The van der Waals surface area contributed by atoms with Crippen LogP contribution in [-0.4, -0.2) is 60.0 Å². The van der Waals surface area contributed by atoms with Gasteiger partial charge < -0.3 is 25.4 Å². The minimum atomic E-state index is -1.22. The van der Waals surface area contributed by atoms with Crippen molar-refractivity contribution in [2.75, 3.05) is 11.9 Å². The Hall–Kier alpha value is -2.59. The molecule has 130 valence electrons. The largest absolute Gasteiger partial charge is 0.394 e. The summed E-state index contributed by atoms with van der Waals surface area (Å²) < 4.78 is 6.90. The number of aliphatic hydroxyl groups excluding tert-OH is 3. The third-order valence-electron chi connectivity index (χ3n) is 4.19. The highest BCUT2D eigenvalue weighted by Crippen LogP contribution is 2.32. The minimum Gasteiger partial charge on any atom is -0.394 e. The molecule has 1 fully saturated rings. The number of nitrogens with one attached hydrogen (secondary N) is 1. The van der Waals surface area contributed by atoms with Crippen LogP contribution in [0, 0.1) is 0 Å². The smallest absolute Gasteiger partial charge is 0.181 e. The third kappa shape index (κ3) is 2.72. The highest BCUT2D eigenvalue weighted by Gasteiger charge is 2.44. The van der Waals surface area contributed by atoms with E-state index >= 15 is 0 Å². The number of aliphatic hydroxyl groups is 3. The molecule has 2 aromatic heterocycles. The lowest BCUT2D eigenvalue weighted by molar-refractivity contribution is -0.0566. The molecule has 3 aromatic rings. The van der Waals surface area contributed by atoms with Crippen LogP contribution in [0.5, 0.6) is 0 Å². The molecule has 3 heterocycles. The Balaban J connectivity index is 1.70. The molecule has 0 amide bonds. The molecule has 0 aliphatic carbocycles. The topological polar surface area (TPSA) is 126 Å². The molecule has 0 saturated carbocycles. The van der Waals surface area contributed by atoms with Crippen LogP contribution in [-0.2, 0) is 4.74 Å². The van der Waals surface area contributed by atoms with E-state index in [0.717, 1.165) is 5.69 Å². The fourth-order valence-corrected chi connectivity index (χ4v) is 2.89. The molecule has 25 heavy (non-hydrogen) atoms. The van der Waals surface area contributed by atoms with Gasteiger partial charge >= 0.3 is 0 Å². The molecule has 9 heteroatoms. The maximum atomic E-state index is 10.2. The fourth-order valence-electron chi connectivity index (χ4n) is 2.89. The van der Waals surface area contributed by atoms with Crippen molar-refractivity contribution in [3.05, 3.63) is 42.9 Å². The predicted molar refractivity (Wildman–Crippen MR) is 88.1 cm³/mol. The number of fused-ring (bicyclic) bond motifs is 1. The summed E-state index contributed by atoms with van der Waals surface area (Å²) in [5.41, 5.74) is 1.31. The molecule has 1 aliphatic heterocycles. The first-order valence-corrected chi connectivity index (χ1v) is 7.82. The molecular formula is C16H17N5O4. The molecule has 0 radical (unpaired) electrons. The Morgan fingerprint density at radius 3 is 2.64 bits per heavy atom. The van der Waals surface area contributed by atoms with Crippen LogP contribution >= 0.6 is 0 Å². The van der Waals surface area contributed by atoms with Gasteiger partial charge in [0.2, 0.25) is 0 Å². The second kappa shape index (κ2) is 6.37. The van der Waals surface area contributed by atoms with Crippen molar-refractivity contribution in [1.82, 2.24) is 19.7 Å². The lowest BCUT2D eigenvalue weighted by Gasteiger charge is -2.15. The first kappa shape index (κ1) is 15.9. The summed E-state index contributed by atoms with van der Waals surface area (Å²) in [6, 6.07) is 9.54. The Morgan fingerprint density at radius 2 is 1.92 bits per heavy atom. The average Bonchev–Trinajstić information content (AvgIpc) is 3.18. The zero-order valence-corrected chi connectivity index (χ0v) is 13.1. The van der Waals surface area contributed by atoms with Crippen molar-refractivity contribution >= 4 is 22.5 Å². The van der Waals surface area contributed by atoms with Gasteiger partial charge in [-0.1, -0.05) is 18.2 Å². The molecule has 1 saturated heterocycles. The number of hydrogen-bond acceptors (Lipinski definition) is 8. The van der Waals surface area contributed by atoms with Crippen LogP contribution in [0.25, 0.3) is 11.0 Å². The number of anilines is 2. The lowest BCUT2D eigenvalue weighted by Crippen LogP contribution is -2.33. The van der Waals surface area contributed by atoms with Gasteiger partial charge in [-0.2, -0.15) is 5.10 Å². The zero-order valence-electron chi connectivity index (χ0n) is 13.1. The van der Waals surface area contributed by atoms with Gasteiger partial charge in [-0.15, -0.1) is 0 Å². The zero-order chi connectivity index (χ0) is 17.4. The minimum absolute atomic E-state index is 0.399. The quantitative estimate of drug-likeness (QED) is 0.529. The summed E-state index contributed by atoms with van der Waals surface area (Å²) in [6.45, 7) is -0.399. The standard InChI is InChI=1S/C16H17N5O4/c22-7-11-12(23)13(24)16(25-11)21-15-10(6-19-21)14(17-8-18-15)20-9-4-2-1-3-5-9/h1-6,8,11-13,16,22-24H,7H2,(H,17,18,20)/t11-,12-,13-,16-/m1/s1. The molecule has 9 nitrogen and oxygen atoms in total. The average molecular weight is 343 g/mol. The Morgan fingerprint density at radius 1 is 1.12 bits per heavy atom. The fraction of sp³-hybridized carbons (Fsp3) is 0.312. The van der Waals surface area contributed by atoms with Crippen molar-refractivity contribution in [1.29, 1.82) is 0 Å². The number of benzene rings is 1. The van der Waals surface area contributed by atoms with Gasteiger partial charge in [-0.05, 0) is 12.1 Å². The van der Waals surface area contributed by atoms with Gasteiger partial charge in [0.05, 0.1) is 18.2 Å². The summed E-state index contributed by atoms with van der Waals surface area (Å²) in [4.78, 5) is 8.45. The van der Waals surface area contributed by atoms with Crippen molar-refractivity contribution in [3.63, 3.8) is 0 Å². The number of hydrogen-bond donors (Lipinski definition) is 4. The van der Waals surface area contributed by atoms with Crippen LogP contribution in [0.15, 0.2) is 42.9 Å². The number of aromatic nitrogens is 4. The first-order chi connectivity index (χ1) is 12.2. The van der Waals surface area contributed by atoms with E-state index in [2.05, 4.69) is 20.4 Å². The van der Waals surface area contributed by atoms with E-state index in [1.54, 1.807) is 6.20 Å². The van der Waals surface area contributed by atoms with E-state index in [1.165, 1.54) is 11.0 Å². The van der Waals surface area contributed by atoms with E-state index in [4.69, 9.17) is 4.74 Å². The Labute approximate surface area is 142 Å². The van der Waals surface area contributed by atoms with E-state index in [-0.39, 0.29) is 0 Å². The monoisotopic (exact) mass is 343 g/mol. The molecule has 4 N–H and O–H groups in total. The van der Waals surface area contributed by atoms with Gasteiger partial charge in [0.1, 0.15) is 30.5 Å². The Bertz CT molecular complexity index is 871. The number of ether oxygens (including phenoxy) is 1. The van der Waals surface area contributed by atoms with Crippen molar-refractivity contribution in [2.24, 2.45) is 0 Å². The predicted octanol–water partition coefficient (Wildman–Crippen LogP) is 0.181. The summed E-state index contributed by atoms with van der Waals surface area (Å²) in [5, 5.41) is 37.4. The molecule has 1 aliphatic rings. The van der Waals surface area contributed by atoms with Crippen LogP contribution in [0.4, 0.5) is 11.5 Å². The SMILES string of the molecule is OC[C@H]1O[C@@H](n2ncc3c(Nc4ccccc4)ncnc32)[C@H](O)[C@@H]1O. The molecule has 1 aromatic carbocycles. The maximum absolute atomic E-state index is 10.2. The lowest BCUT2D eigenvalue weighted by atomic mass is 10.1. The van der Waals surface area contributed by atoms with E-state index in [1.807, 2.05) is 30.3 Å². The molecule has 4 atom stereocenters. The summed E-state index contributed by atoms with van der Waals surface area (Å²) in [6.07, 6.45) is -1.28. The highest BCUT2D eigenvalue weighted by atomic mass is 16.6. The second-order valence-electron chi connectivity index (χ2n) is 5.77. The van der Waals surface area contributed by atoms with Gasteiger partial charge in [0, 0.05) is 5.69 Å². The maximum Gasteiger partial charge on any atom is 0.181 e. The summed E-state index contributed by atoms with van der Waals surface area (Å²) in [5.74, 6) is 0.564. The van der Waals surface area contributed by atoms with Crippen LogP contribution < -0.4 is 5.32 Å². The van der Waals surface area contributed by atoms with E-state index in [0.29, 0.717) is 16.9 Å². The van der Waals surface area contributed by atoms with Gasteiger partial charge in [0.25, 0.3) is 0 Å². The number of para-hydroxylation sites is 1. The Kier molecular flexibility index (Phi) is 4.06. The van der Waals surface area contributed by atoms with Gasteiger partial charge in [-0.25, -0.2) is 14.6 Å². The van der Waals surface area contributed by atoms with Gasteiger partial charge in [0.15, 0.2) is 11.9 Å². The van der Waals surface area contributed by atoms with Crippen molar-refractivity contribution in [3.8, 4) is 0 Å². The number of nitrogens with zero attached hydrogens (tertiary/aromatic N) is 4. The van der Waals surface area contributed by atoms with Crippen molar-refractivity contribution in [2.45, 2.75) is 24.5 Å². The second-order valence-corrected chi connectivity index (χ2v) is 5.77. The third-order valence-corrected chi connectivity index (χ3v) is 4.19. The molecule has 4 rings (SSSR count). The molecular weight excluding hydrogens is 326 g/mol. The van der Waals surface area contributed by atoms with Crippen molar-refractivity contribution < 1.29 is 20.1 Å². The summed E-state index contributed by atoms with van der Waals surface area (Å²) >= 11 is 0. The van der Waals surface area contributed by atoms with Gasteiger partial charge in [-0.3, -0.25) is 0 Å². The van der Waals surface area contributed by atoms with E-state index < -0.39 is 31.1 Å². The highest BCUT2D eigenvalue weighted by molar-refractivity contribution is 5.88. The van der Waals surface area contributed by atoms with Crippen LogP contribution in [0.1, 0.15) is 6.23 Å². The molecule has 0 bridgehead atoms. The van der Waals surface area contributed by atoms with Crippen LogP contribution in [0.2, 0.25) is 0 Å². The summed E-state index contributed by atoms with van der Waals surface area (Å²) in [7, 11) is 0. The molecule has 0 unspecified atom stereocenters. The van der Waals surface area contributed by atoms with E-state index in [9.17, 15) is 15.3 Å². The van der Waals surface area contributed by atoms with Crippen LogP contribution in [0.3, 0.4) is 0 Å². The first-order valence-electron chi connectivity index (χ1n) is 7.82.